The summed E-state index contributed by atoms with van der Waals surface area (Å²) in [6, 6.07) is 12.1. The molecule has 0 spiro atoms. The van der Waals surface area contributed by atoms with E-state index in [-0.39, 0.29) is 17.4 Å². The molecule has 1 heterocycles. The molecule has 6 nitrogen and oxygen atoms in total. The van der Waals surface area contributed by atoms with Crippen molar-refractivity contribution in [3.05, 3.63) is 65.5 Å². The number of para-hydroxylation sites is 1. The third-order valence-electron chi connectivity index (χ3n) is 4.85. The highest BCUT2D eigenvalue weighted by atomic mass is 19.1. The molecule has 0 fully saturated rings. The number of nitrogens with zero attached hydrogens (tertiary/aromatic N) is 1. The van der Waals surface area contributed by atoms with Gasteiger partial charge in [0.1, 0.15) is 11.9 Å². The van der Waals surface area contributed by atoms with Gasteiger partial charge in [-0.1, -0.05) is 44.2 Å². The molecule has 1 atom stereocenters. The number of hydrogen-bond donors (Lipinski definition) is 1. The normalized spacial score (nSPS) is 13.7. The lowest BCUT2D eigenvalue weighted by Gasteiger charge is -2.22. The zero-order chi connectivity index (χ0) is 21.0. The molecule has 0 aliphatic carbocycles. The van der Waals surface area contributed by atoms with Crippen molar-refractivity contribution < 1.29 is 23.5 Å². The van der Waals surface area contributed by atoms with Gasteiger partial charge in [0.15, 0.2) is 6.61 Å². The van der Waals surface area contributed by atoms with E-state index >= 15 is 0 Å². The van der Waals surface area contributed by atoms with Crippen LogP contribution >= 0.6 is 0 Å². The Bertz CT molecular complexity index is 929. The Morgan fingerprint density at radius 1 is 1.10 bits per heavy atom. The molecule has 1 aliphatic heterocycles. The van der Waals surface area contributed by atoms with Crippen LogP contribution in [-0.4, -0.2) is 37.0 Å². The summed E-state index contributed by atoms with van der Waals surface area (Å²) in [5, 5.41) is 2.50. The number of amides is 2. The van der Waals surface area contributed by atoms with Crippen LogP contribution in [0.2, 0.25) is 0 Å². The van der Waals surface area contributed by atoms with Crippen molar-refractivity contribution >= 4 is 23.5 Å². The smallest absolute Gasteiger partial charge is 0.329 e. The van der Waals surface area contributed by atoms with Crippen molar-refractivity contribution in [2.45, 2.75) is 26.3 Å². The van der Waals surface area contributed by atoms with Gasteiger partial charge in [-0.15, -0.1) is 0 Å². The molecule has 2 amide bonds. The van der Waals surface area contributed by atoms with Crippen LogP contribution in [0.15, 0.2) is 48.5 Å². The highest BCUT2D eigenvalue weighted by Crippen LogP contribution is 2.27. The molecule has 7 heteroatoms. The van der Waals surface area contributed by atoms with Crippen LogP contribution in [0.25, 0.3) is 0 Å². The first-order valence-corrected chi connectivity index (χ1v) is 9.48. The first kappa shape index (κ1) is 20.5. The average Bonchev–Trinajstić information content (AvgIpc) is 3.14. The molecule has 2 aromatic rings. The summed E-state index contributed by atoms with van der Waals surface area (Å²) in [6.07, 6.45) is 0.753. The Morgan fingerprint density at radius 2 is 1.79 bits per heavy atom. The average molecular weight is 398 g/mol. The third kappa shape index (κ3) is 4.62. The van der Waals surface area contributed by atoms with Crippen LogP contribution in [0.4, 0.5) is 10.1 Å². The number of fused-ring (bicyclic) bond motifs is 1. The van der Waals surface area contributed by atoms with Gasteiger partial charge in [0.25, 0.3) is 11.8 Å². The lowest BCUT2D eigenvalue weighted by Crippen LogP contribution is -2.46. The maximum atomic E-state index is 13.8. The summed E-state index contributed by atoms with van der Waals surface area (Å²) in [7, 11) is 0. The number of esters is 1. The van der Waals surface area contributed by atoms with E-state index in [1.807, 2.05) is 24.3 Å². The van der Waals surface area contributed by atoms with E-state index in [2.05, 4.69) is 5.32 Å². The topological polar surface area (TPSA) is 75.7 Å². The molecule has 0 unspecified atom stereocenters. The Hall–Kier alpha value is -3.22. The molecule has 1 N–H and O–H groups in total. The predicted octanol–water partition coefficient (Wildman–Crippen LogP) is 2.71. The van der Waals surface area contributed by atoms with Gasteiger partial charge in [-0.25, -0.2) is 9.18 Å². The number of rotatable bonds is 6. The minimum absolute atomic E-state index is 0.157. The molecule has 3 rings (SSSR count). The van der Waals surface area contributed by atoms with E-state index in [0.29, 0.717) is 6.54 Å². The van der Waals surface area contributed by atoms with Gasteiger partial charge >= 0.3 is 5.97 Å². The Balaban J connectivity index is 1.61. The number of hydrogen-bond acceptors (Lipinski definition) is 4. The first-order valence-electron chi connectivity index (χ1n) is 9.48. The fourth-order valence-corrected chi connectivity index (χ4v) is 3.26. The molecule has 0 saturated carbocycles. The van der Waals surface area contributed by atoms with Gasteiger partial charge in [-0.3, -0.25) is 9.59 Å². The van der Waals surface area contributed by atoms with Gasteiger partial charge in [0.2, 0.25) is 0 Å². The maximum Gasteiger partial charge on any atom is 0.329 e. The lowest BCUT2D eigenvalue weighted by atomic mass is 10.0. The fraction of sp³-hybridized carbons (Fsp3) is 0.318. The summed E-state index contributed by atoms with van der Waals surface area (Å²) in [4.78, 5) is 38.9. The number of anilines is 1. The van der Waals surface area contributed by atoms with Gasteiger partial charge in [-0.05, 0) is 36.1 Å². The van der Waals surface area contributed by atoms with Crippen LogP contribution in [0, 0.1) is 11.7 Å². The van der Waals surface area contributed by atoms with Crippen molar-refractivity contribution in [3.63, 3.8) is 0 Å². The molecule has 29 heavy (non-hydrogen) atoms. The quantitative estimate of drug-likeness (QED) is 0.760. The van der Waals surface area contributed by atoms with E-state index in [4.69, 9.17) is 4.74 Å². The van der Waals surface area contributed by atoms with Crippen LogP contribution in [-0.2, 0) is 20.7 Å². The van der Waals surface area contributed by atoms with Crippen molar-refractivity contribution in [2.24, 2.45) is 5.92 Å². The summed E-state index contributed by atoms with van der Waals surface area (Å²) in [5.41, 5.74) is 1.74. The van der Waals surface area contributed by atoms with Gasteiger partial charge < -0.3 is 15.0 Å². The summed E-state index contributed by atoms with van der Waals surface area (Å²) in [6.45, 7) is 3.57. The molecule has 0 radical (unpaired) electrons. The number of carbonyl (C=O) groups is 3. The Kier molecular flexibility index (Phi) is 6.26. The lowest BCUT2D eigenvalue weighted by molar-refractivity contribution is -0.150. The zero-order valence-corrected chi connectivity index (χ0v) is 16.4. The van der Waals surface area contributed by atoms with E-state index in [1.54, 1.807) is 18.7 Å². The van der Waals surface area contributed by atoms with Crippen LogP contribution in [0.5, 0.6) is 0 Å². The Morgan fingerprint density at radius 3 is 2.52 bits per heavy atom. The third-order valence-corrected chi connectivity index (χ3v) is 4.85. The number of carbonyl (C=O) groups excluding carboxylic acids is 3. The standard InChI is InChI=1S/C22H23FN2O4/c1-14(2)20(24-21(27)16-8-4-5-9-17(16)23)22(28)29-13-19(26)25-12-11-15-7-3-6-10-18(15)25/h3-10,14,20H,11-13H2,1-2H3,(H,24,27)/t20-/m1/s1. The van der Waals surface area contributed by atoms with Gasteiger partial charge in [-0.2, -0.15) is 0 Å². The number of halogens is 1. The Labute approximate surface area is 168 Å². The second kappa shape index (κ2) is 8.86. The van der Waals surface area contributed by atoms with Crippen LogP contribution in [0.1, 0.15) is 29.8 Å². The molecule has 0 aromatic heterocycles. The minimum atomic E-state index is -0.999. The van der Waals surface area contributed by atoms with Crippen molar-refractivity contribution in [3.8, 4) is 0 Å². The largest absolute Gasteiger partial charge is 0.454 e. The molecule has 2 aromatic carbocycles. The first-order chi connectivity index (χ1) is 13.9. The van der Waals surface area contributed by atoms with Gasteiger partial charge in [0, 0.05) is 12.2 Å². The fourth-order valence-electron chi connectivity index (χ4n) is 3.26. The van der Waals surface area contributed by atoms with E-state index in [1.165, 1.54) is 24.3 Å². The predicted molar refractivity (Wildman–Crippen MR) is 106 cm³/mol. The van der Waals surface area contributed by atoms with Gasteiger partial charge in [0.05, 0.1) is 5.56 Å². The van der Waals surface area contributed by atoms with Crippen molar-refractivity contribution in [2.75, 3.05) is 18.1 Å². The number of benzene rings is 2. The van der Waals surface area contributed by atoms with Crippen LogP contribution in [0.3, 0.4) is 0 Å². The van der Waals surface area contributed by atoms with Crippen molar-refractivity contribution in [1.82, 2.24) is 5.32 Å². The molecule has 0 saturated heterocycles. The van der Waals surface area contributed by atoms with E-state index < -0.39 is 30.3 Å². The van der Waals surface area contributed by atoms with E-state index in [9.17, 15) is 18.8 Å². The van der Waals surface area contributed by atoms with Crippen molar-refractivity contribution in [1.29, 1.82) is 0 Å². The highest BCUT2D eigenvalue weighted by molar-refractivity contribution is 5.99. The minimum Gasteiger partial charge on any atom is -0.454 e. The van der Waals surface area contributed by atoms with E-state index in [0.717, 1.165) is 17.7 Å². The highest BCUT2D eigenvalue weighted by Gasteiger charge is 2.29. The molecule has 152 valence electrons. The second-order valence-corrected chi connectivity index (χ2v) is 7.21. The number of nitrogens with one attached hydrogen (secondary N) is 1. The maximum absolute atomic E-state index is 13.8. The monoisotopic (exact) mass is 398 g/mol. The molecular formula is C22H23FN2O4. The second-order valence-electron chi connectivity index (χ2n) is 7.21. The molecule has 1 aliphatic rings. The molecular weight excluding hydrogens is 375 g/mol. The summed E-state index contributed by atoms with van der Waals surface area (Å²) in [5.74, 6) is -2.75. The van der Waals surface area contributed by atoms with Crippen LogP contribution < -0.4 is 10.2 Å². The summed E-state index contributed by atoms with van der Waals surface area (Å²) < 4.78 is 19.0. The summed E-state index contributed by atoms with van der Waals surface area (Å²) >= 11 is 0. The zero-order valence-electron chi connectivity index (χ0n) is 16.4. The number of ether oxygens (including phenoxy) is 1. The SMILES string of the molecule is CC(C)[C@@H](NC(=O)c1ccccc1F)C(=O)OCC(=O)N1CCc2ccccc21. The molecule has 0 bridgehead atoms.